The molecule has 7 heteroatoms. The molecule has 0 spiro atoms. The molecule has 2 amide bonds. The molecule has 0 radical (unpaired) electrons. The SMILES string of the molecule is NC(=O)NCCNCCOc1cccc(C(=O)O)c1. The highest BCUT2D eigenvalue weighted by molar-refractivity contribution is 5.87. The maximum absolute atomic E-state index is 10.7. The van der Waals surface area contributed by atoms with Crippen LogP contribution in [0.1, 0.15) is 10.4 Å². The average molecular weight is 267 g/mol. The van der Waals surface area contributed by atoms with Crippen LogP contribution in [0, 0.1) is 0 Å². The van der Waals surface area contributed by atoms with E-state index in [1.165, 1.54) is 12.1 Å². The van der Waals surface area contributed by atoms with Crippen LogP contribution < -0.4 is 21.1 Å². The van der Waals surface area contributed by atoms with Gasteiger partial charge in [-0.2, -0.15) is 0 Å². The van der Waals surface area contributed by atoms with Crippen LogP contribution in [0.3, 0.4) is 0 Å². The van der Waals surface area contributed by atoms with E-state index in [1.807, 2.05) is 0 Å². The fourth-order valence-electron chi connectivity index (χ4n) is 1.36. The molecule has 1 aromatic carbocycles. The minimum Gasteiger partial charge on any atom is -0.492 e. The number of primary amides is 1. The molecule has 5 N–H and O–H groups in total. The second-order valence-electron chi connectivity index (χ2n) is 3.72. The van der Waals surface area contributed by atoms with E-state index in [4.69, 9.17) is 15.6 Å². The van der Waals surface area contributed by atoms with E-state index in [1.54, 1.807) is 12.1 Å². The average Bonchev–Trinajstić information content (AvgIpc) is 2.37. The summed E-state index contributed by atoms with van der Waals surface area (Å²) in [7, 11) is 0. The number of nitrogens with one attached hydrogen (secondary N) is 2. The number of hydrogen-bond donors (Lipinski definition) is 4. The lowest BCUT2D eigenvalue weighted by Crippen LogP contribution is -2.36. The minimum absolute atomic E-state index is 0.191. The molecule has 19 heavy (non-hydrogen) atoms. The number of carboxylic acid groups (broad SMARTS) is 1. The van der Waals surface area contributed by atoms with E-state index in [-0.39, 0.29) is 5.56 Å². The number of urea groups is 1. The number of carbonyl (C=O) groups is 2. The summed E-state index contributed by atoms with van der Waals surface area (Å²) in [5, 5.41) is 14.3. The number of carbonyl (C=O) groups excluding carboxylic acids is 1. The first-order valence-electron chi connectivity index (χ1n) is 5.80. The Morgan fingerprint density at radius 3 is 2.74 bits per heavy atom. The highest BCUT2D eigenvalue weighted by Gasteiger charge is 2.03. The van der Waals surface area contributed by atoms with Crippen LogP contribution in [0.2, 0.25) is 0 Å². The maximum Gasteiger partial charge on any atom is 0.335 e. The van der Waals surface area contributed by atoms with Gasteiger partial charge in [0.2, 0.25) is 0 Å². The fourth-order valence-corrected chi connectivity index (χ4v) is 1.36. The second kappa shape index (κ2) is 7.93. The standard InChI is InChI=1S/C12H17N3O4/c13-12(18)15-5-4-14-6-7-19-10-3-1-2-9(8-10)11(16)17/h1-3,8,14H,4-7H2,(H,16,17)(H3,13,15,18). The minimum atomic E-state index is -0.985. The molecular weight excluding hydrogens is 250 g/mol. The Balaban J connectivity index is 2.17. The topological polar surface area (TPSA) is 114 Å². The molecule has 0 fully saturated rings. The van der Waals surface area contributed by atoms with Gasteiger partial charge < -0.3 is 26.2 Å². The van der Waals surface area contributed by atoms with Crippen LogP contribution in [0.15, 0.2) is 24.3 Å². The van der Waals surface area contributed by atoms with Gasteiger partial charge in [-0.3, -0.25) is 0 Å². The van der Waals surface area contributed by atoms with Gasteiger partial charge in [0.1, 0.15) is 12.4 Å². The van der Waals surface area contributed by atoms with Crippen molar-refractivity contribution in [2.75, 3.05) is 26.2 Å². The summed E-state index contributed by atoms with van der Waals surface area (Å²) < 4.78 is 5.39. The molecule has 0 atom stereocenters. The summed E-state index contributed by atoms with van der Waals surface area (Å²) in [6.07, 6.45) is 0. The van der Waals surface area contributed by atoms with Gasteiger partial charge in [-0.15, -0.1) is 0 Å². The first-order valence-corrected chi connectivity index (χ1v) is 5.80. The van der Waals surface area contributed by atoms with Crippen molar-refractivity contribution >= 4 is 12.0 Å². The molecule has 104 valence electrons. The van der Waals surface area contributed by atoms with Crippen LogP contribution in [0.25, 0.3) is 0 Å². The first-order chi connectivity index (χ1) is 9.09. The Morgan fingerprint density at radius 1 is 1.26 bits per heavy atom. The zero-order valence-electron chi connectivity index (χ0n) is 10.4. The van der Waals surface area contributed by atoms with E-state index < -0.39 is 12.0 Å². The Morgan fingerprint density at radius 2 is 2.05 bits per heavy atom. The number of amides is 2. The molecule has 0 heterocycles. The molecule has 0 saturated heterocycles. The van der Waals surface area contributed by atoms with Gasteiger partial charge in [0.05, 0.1) is 5.56 Å². The third-order valence-corrected chi connectivity index (χ3v) is 2.23. The van der Waals surface area contributed by atoms with Gasteiger partial charge in [0, 0.05) is 19.6 Å². The zero-order valence-corrected chi connectivity index (χ0v) is 10.4. The van der Waals surface area contributed by atoms with Crippen molar-refractivity contribution in [3.8, 4) is 5.75 Å². The molecule has 1 rings (SSSR count). The van der Waals surface area contributed by atoms with Crippen molar-refractivity contribution in [2.24, 2.45) is 5.73 Å². The van der Waals surface area contributed by atoms with Crippen molar-refractivity contribution in [2.45, 2.75) is 0 Å². The summed E-state index contributed by atoms with van der Waals surface area (Å²) in [6, 6.07) is 5.74. The smallest absolute Gasteiger partial charge is 0.335 e. The molecule has 0 aliphatic rings. The predicted octanol–water partition coefficient (Wildman–Crippen LogP) is 0.0215. The summed E-state index contributed by atoms with van der Waals surface area (Å²) in [5.74, 6) is -0.474. The molecule has 7 nitrogen and oxygen atoms in total. The van der Waals surface area contributed by atoms with Crippen LogP contribution in [0.4, 0.5) is 4.79 Å². The lowest BCUT2D eigenvalue weighted by atomic mass is 10.2. The lowest BCUT2D eigenvalue weighted by Gasteiger charge is -2.08. The van der Waals surface area contributed by atoms with Gasteiger partial charge in [0.15, 0.2) is 0 Å². The maximum atomic E-state index is 10.7. The van der Waals surface area contributed by atoms with E-state index >= 15 is 0 Å². The van der Waals surface area contributed by atoms with Crippen LogP contribution in [-0.4, -0.2) is 43.3 Å². The van der Waals surface area contributed by atoms with Gasteiger partial charge in [-0.25, -0.2) is 9.59 Å². The Hall–Kier alpha value is -2.28. The largest absolute Gasteiger partial charge is 0.492 e. The fraction of sp³-hybridized carbons (Fsp3) is 0.333. The number of carboxylic acids is 1. The molecule has 0 aliphatic carbocycles. The zero-order chi connectivity index (χ0) is 14.1. The monoisotopic (exact) mass is 267 g/mol. The number of benzene rings is 1. The lowest BCUT2D eigenvalue weighted by molar-refractivity contribution is 0.0696. The summed E-state index contributed by atoms with van der Waals surface area (Å²) in [6.45, 7) is 2.02. The van der Waals surface area contributed by atoms with Crippen LogP contribution >= 0.6 is 0 Å². The van der Waals surface area contributed by atoms with E-state index in [2.05, 4.69) is 10.6 Å². The molecule has 0 aliphatic heterocycles. The van der Waals surface area contributed by atoms with Gasteiger partial charge in [-0.05, 0) is 18.2 Å². The Labute approximate surface area is 110 Å². The predicted molar refractivity (Wildman–Crippen MR) is 69.4 cm³/mol. The normalized spacial score (nSPS) is 9.89. The van der Waals surface area contributed by atoms with Gasteiger partial charge >= 0.3 is 12.0 Å². The summed E-state index contributed by atoms with van der Waals surface area (Å²) in [5.41, 5.74) is 5.09. The van der Waals surface area contributed by atoms with Crippen molar-refractivity contribution in [3.05, 3.63) is 29.8 Å². The number of hydrogen-bond acceptors (Lipinski definition) is 4. The van der Waals surface area contributed by atoms with Crippen LogP contribution in [-0.2, 0) is 0 Å². The molecular formula is C12H17N3O4. The van der Waals surface area contributed by atoms with Crippen molar-refractivity contribution in [1.29, 1.82) is 0 Å². The molecule has 0 bridgehead atoms. The van der Waals surface area contributed by atoms with Gasteiger partial charge in [-0.1, -0.05) is 6.07 Å². The number of aromatic carboxylic acids is 1. The van der Waals surface area contributed by atoms with Gasteiger partial charge in [0.25, 0.3) is 0 Å². The quantitative estimate of drug-likeness (QED) is 0.496. The Bertz CT molecular complexity index is 437. The number of ether oxygens (including phenoxy) is 1. The highest BCUT2D eigenvalue weighted by atomic mass is 16.5. The van der Waals surface area contributed by atoms with E-state index in [0.29, 0.717) is 32.0 Å². The summed E-state index contributed by atoms with van der Waals surface area (Å²) >= 11 is 0. The molecule has 1 aromatic rings. The van der Waals surface area contributed by atoms with E-state index in [9.17, 15) is 9.59 Å². The van der Waals surface area contributed by atoms with Crippen molar-refractivity contribution < 1.29 is 19.4 Å². The third kappa shape index (κ3) is 6.27. The first kappa shape index (κ1) is 14.8. The van der Waals surface area contributed by atoms with Crippen molar-refractivity contribution in [3.63, 3.8) is 0 Å². The van der Waals surface area contributed by atoms with Crippen molar-refractivity contribution in [1.82, 2.24) is 10.6 Å². The summed E-state index contributed by atoms with van der Waals surface area (Å²) in [4.78, 5) is 21.1. The Kier molecular flexibility index (Phi) is 6.17. The molecule has 0 saturated carbocycles. The third-order valence-electron chi connectivity index (χ3n) is 2.23. The second-order valence-corrected chi connectivity index (χ2v) is 3.72. The molecule has 0 unspecified atom stereocenters. The van der Waals surface area contributed by atoms with E-state index in [0.717, 1.165) is 0 Å². The number of nitrogens with two attached hydrogens (primary N) is 1. The highest BCUT2D eigenvalue weighted by Crippen LogP contribution is 2.12. The van der Waals surface area contributed by atoms with Crippen LogP contribution in [0.5, 0.6) is 5.75 Å². The molecule has 0 aromatic heterocycles. The number of rotatable bonds is 8.